The lowest BCUT2D eigenvalue weighted by atomic mass is 10.1. The van der Waals surface area contributed by atoms with Gasteiger partial charge in [0.25, 0.3) is 0 Å². The molecule has 1 rings (SSSR count). The molecular formula is C14H20N2O4. The molecule has 0 spiro atoms. The Hall–Kier alpha value is -2.24. The van der Waals surface area contributed by atoms with Gasteiger partial charge >= 0.3 is 12.0 Å². The van der Waals surface area contributed by atoms with Crippen molar-refractivity contribution >= 4 is 12.0 Å². The number of ether oxygens (including phenoxy) is 2. The third-order valence-corrected chi connectivity index (χ3v) is 2.56. The number of urea groups is 1. The van der Waals surface area contributed by atoms with Crippen molar-refractivity contribution < 1.29 is 19.1 Å². The van der Waals surface area contributed by atoms with Gasteiger partial charge < -0.3 is 20.1 Å². The van der Waals surface area contributed by atoms with Crippen LogP contribution in [-0.4, -0.2) is 38.8 Å². The average Bonchev–Trinajstić information content (AvgIpc) is 2.46. The minimum atomic E-state index is -0.446. The molecule has 2 amide bonds. The van der Waals surface area contributed by atoms with E-state index in [0.717, 1.165) is 11.3 Å². The van der Waals surface area contributed by atoms with Crippen molar-refractivity contribution in [3.8, 4) is 5.75 Å². The van der Waals surface area contributed by atoms with Crippen LogP contribution in [0.4, 0.5) is 4.79 Å². The highest BCUT2D eigenvalue weighted by atomic mass is 16.5. The lowest BCUT2D eigenvalue weighted by molar-refractivity contribution is -0.141. The Labute approximate surface area is 118 Å². The van der Waals surface area contributed by atoms with Gasteiger partial charge in [0.05, 0.1) is 13.7 Å². The fourth-order valence-corrected chi connectivity index (χ4v) is 1.54. The Kier molecular flexibility index (Phi) is 6.95. The van der Waals surface area contributed by atoms with Crippen LogP contribution < -0.4 is 15.4 Å². The SMILES string of the molecule is CCOC(=O)CNC(=O)NCCc1ccc(OC)cc1. The van der Waals surface area contributed by atoms with Crippen LogP contribution in [-0.2, 0) is 16.0 Å². The number of esters is 1. The smallest absolute Gasteiger partial charge is 0.325 e. The summed E-state index contributed by atoms with van der Waals surface area (Å²) in [5, 5.41) is 5.10. The van der Waals surface area contributed by atoms with Crippen molar-refractivity contribution in [3.05, 3.63) is 29.8 Å². The van der Waals surface area contributed by atoms with Gasteiger partial charge in [0.15, 0.2) is 0 Å². The lowest BCUT2D eigenvalue weighted by Gasteiger charge is -2.07. The second-order valence-corrected chi connectivity index (χ2v) is 4.01. The summed E-state index contributed by atoms with van der Waals surface area (Å²) < 4.78 is 9.76. The second kappa shape index (κ2) is 8.79. The van der Waals surface area contributed by atoms with E-state index in [1.807, 2.05) is 24.3 Å². The van der Waals surface area contributed by atoms with Gasteiger partial charge in [0, 0.05) is 6.54 Å². The maximum absolute atomic E-state index is 11.4. The minimum absolute atomic E-state index is 0.123. The quantitative estimate of drug-likeness (QED) is 0.733. The molecule has 0 bridgehead atoms. The van der Waals surface area contributed by atoms with Crippen molar-refractivity contribution in [1.82, 2.24) is 10.6 Å². The number of amides is 2. The molecule has 0 aromatic heterocycles. The Morgan fingerprint density at radius 1 is 1.15 bits per heavy atom. The summed E-state index contributed by atoms with van der Waals surface area (Å²) in [5.74, 6) is 0.353. The van der Waals surface area contributed by atoms with Crippen molar-refractivity contribution in [2.45, 2.75) is 13.3 Å². The van der Waals surface area contributed by atoms with E-state index in [4.69, 9.17) is 9.47 Å². The molecule has 0 aliphatic carbocycles. The monoisotopic (exact) mass is 280 g/mol. The largest absolute Gasteiger partial charge is 0.497 e. The molecule has 0 radical (unpaired) electrons. The summed E-state index contributed by atoms with van der Waals surface area (Å²) in [5.41, 5.74) is 1.09. The van der Waals surface area contributed by atoms with Gasteiger partial charge in [-0.05, 0) is 31.0 Å². The third-order valence-electron chi connectivity index (χ3n) is 2.56. The van der Waals surface area contributed by atoms with Gasteiger partial charge in [-0.1, -0.05) is 12.1 Å². The number of hydrogen-bond acceptors (Lipinski definition) is 4. The van der Waals surface area contributed by atoms with E-state index < -0.39 is 5.97 Å². The molecule has 0 saturated heterocycles. The number of methoxy groups -OCH3 is 1. The van der Waals surface area contributed by atoms with E-state index >= 15 is 0 Å². The summed E-state index contributed by atoms with van der Waals surface area (Å²) >= 11 is 0. The molecule has 0 heterocycles. The molecule has 0 aliphatic rings. The highest BCUT2D eigenvalue weighted by Gasteiger charge is 2.04. The maximum Gasteiger partial charge on any atom is 0.325 e. The molecule has 0 fully saturated rings. The first-order chi connectivity index (χ1) is 9.65. The molecule has 0 saturated carbocycles. The molecule has 2 N–H and O–H groups in total. The fraction of sp³-hybridized carbons (Fsp3) is 0.429. The third kappa shape index (κ3) is 6.08. The predicted molar refractivity (Wildman–Crippen MR) is 74.7 cm³/mol. The average molecular weight is 280 g/mol. The van der Waals surface area contributed by atoms with E-state index in [-0.39, 0.29) is 12.6 Å². The van der Waals surface area contributed by atoms with Gasteiger partial charge in [0.2, 0.25) is 0 Å². The summed E-state index contributed by atoms with van der Waals surface area (Å²) in [6.45, 7) is 2.38. The Morgan fingerprint density at radius 3 is 2.45 bits per heavy atom. The van der Waals surface area contributed by atoms with Gasteiger partial charge in [-0.2, -0.15) is 0 Å². The van der Waals surface area contributed by atoms with Crippen LogP contribution in [0.2, 0.25) is 0 Å². The van der Waals surface area contributed by atoms with Gasteiger partial charge in [0.1, 0.15) is 12.3 Å². The van der Waals surface area contributed by atoms with Crippen molar-refractivity contribution in [3.63, 3.8) is 0 Å². The first-order valence-corrected chi connectivity index (χ1v) is 6.46. The summed E-state index contributed by atoms with van der Waals surface area (Å²) in [4.78, 5) is 22.4. The van der Waals surface area contributed by atoms with E-state index in [9.17, 15) is 9.59 Å². The molecule has 6 heteroatoms. The number of benzene rings is 1. The highest BCUT2D eigenvalue weighted by Crippen LogP contribution is 2.11. The molecule has 0 unspecified atom stereocenters. The van der Waals surface area contributed by atoms with Crippen LogP contribution in [0.5, 0.6) is 5.75 Å². The van der Waals surface area contributed by atoms with Gasteiger partial charge in [-0.25, -0.2) is 4.79 Å². The predicted octanol–water partition coefficient (Wildman–Crippen LogP) is 1.10. The van der Waals surface area contributed by atoms with Crippen LogP contribution in [0.25, 0.3) is 0 Å². The molecule has 0 aliphatic heterocycles. The normalized spacial score (nSPS) is 9.70. The van der Waals surface area contributed by atoms with Crippen molar-refractivity contribution in [1.29, 1.82) is 0 Å². The zero-order chi connectivity index (χ0) is 14.8. The zero-order valence-corrected chi connectivity index (χ0v) is 11.8. The number of nitrogens with one attached hydrogen (secondary N) is 2. The van der Waals surface area contributed by atoms with Crippen LogP contribution in [0, 0.1) is 0 Å². The summed E-state index contributed by atoms with van der Waals surface area (Å²) in [6, 6.07) is 7.24. The van der Waals surface area contributed by atoms with Crippen LogP contribution >= 0.6 is 0 Å². The molecular weight excluding hydrogens is 260 g/mol. The van der Waals surface area contributed by atoms with E-state index in [2.05, 4.69) is 10.6 Å². The molecule has 1 aromatic carbocycles. The number of carbonyl (C=O) groups excluding carboxylic acids is 2. The number of rotatable bonds is 7. The fourth-order valence-electron chi connectivity index (χ4n) is 1.54. The Bertz CT molecular complexity index is 431. The molecule has 6 nitrogen and oxygen atoms in total. The van der Waals surface area contributed by atoms with Crippen molar-refractivity contribution in [2.75, 3.05) is 26.8 Å². The standard InChI is InChI=1S/C14H20N2O4/c1-3-20-13(17)10-16-14(18)15-9-8-11-4-6-12(19-2)7-5-11/h4-7H,3,8-10H2,1-2H3,(H2,15,16,18). The molecule has 110 valence electrons. The van der Waals surface area contributed by atoms with Crippen LogP contribution in [0.15, 0.2) is 24.3 Å². The first kappa shape index (κ1) is 15.8. The molecule has 0 atom stereocenters. The minimum Gasteiger partial charge on any atom is -0.497 e. The Morgan fingerprint density at radius 2 is 1.85 bits per heavy atom. The van der Waals surface area contributed by atoms with Crippen LogP contribution in [0.1, 0.15) is 12.5 Å². The second-order valence-electron chi connectivity index (χ2n) is 4.01. The van der Waals surface area contributed by atoms with E-state index in [1.54, 1.807) is 14.0 Å². The number of carbonyl (C=O) groups is 2. The lowest BCUT2D eigenvalue weighted by Crippen LogP contribution is -2.39. The topological polar surface area (TPSA) is 76.7 Å². The summed E-state index contributed by atoms with van der Waals surface area (Å²) in [6.07, 6.45) is 0.705. The van der Waals surface area contributed by atoms with Crippen LogP contribution in [0.3, 0.4) is 0 Å². The van der Waals surface area contributed by atoms with E-state index in [1.165, 1.54) is 0 Å². The van der Waals surface area contributed by atoms with E-state index in [0.29, 0.717) is 19.6 Å². The van der Waals surface area contributed by atoms with Gasteiger partial charge in [-0.15, -0.1) is 0 Å². The Balaban J connectivity index is 2.19. The van der Waals surface area contributed by atoms with Gasteiger partial charge in [-0.3, -0.25) is 4.79 Å². The first-order valence-electron chi connectivity index (χ1n) is 6.46. The summed E-state index contributed by atoms with van der Waals surface area (Å²) in [7, 11) is 1.62. The zero-order valence-electron chi connectivity index (χ0n) is 11.8. The molecule has 20 heavy (non-hydrogen) atoms. The number of hydrogen-bond donors (Lipinski definition) is 2. The maximum atomic E-state index is 11.4. The van der Waals surface area contributed by atoms with Crippen molar-refractivity contribution in [2.24, 2.45) is 0 Å². The molecule has 1 aromatic rings. The highest BCUT2D eigenvalue weighted by molar-refractivity contribution is 5.80.